The average molecular weight is 1130 g/mol. The molecule has 0 aliphatic carbocycles. The third-order valence-electron chi connectivity index (χ3n) is 16.0. The Hall–Kier alpha value is -6.16. The first kappa shape index (κ1) is 66.4. The van der Waals surface area contributed by atoms with Crippen molar-refractivity contribution in [2.24, 2.45) is 29.6 Å². The number of hydrogen-bond acceptors (Lipinski definition) is 15. The Balaban J connectivity index is 1.90. The summed E-state index contributed by atoms with van der Waals surface area (Å²) < 4.78 is 17.3. The molecule has 3 fully saturated rings. The number of benzene rings is 1. The maximum absolute atomic E-state index is 15.0. The number of carbonyl (C=O) groups is 10. The molecule has 0 aromatic heterocycles. The molecular weight excluding hydrogens is 1030 g/mol. The lowest BCUT2D eigenvalue weighted by atomic mass is 9.90. The van der Waals surface area contributed by atoms with E-state index in [1.54, 1.807) is 52.0 Å². The Bertz CT molecular complexity index is 2350. The summed E-state index contributed by atoms with van der Waals surface area (Å²) in [6.45, 7) is 18.7. The van der Waals surface area contributed by atoms with Gasteiger partial charge in [0, 0.05) is 39.5 Å². The molecule has 3 heterocycles. The number of nitrogens with one attached hydrogen (secondary N) is 3. The molecule has 2 unspecified atom stereocenters. The zero-order valence-electron chi connectivity index (χ0n) is 49.5. The van der Waals surface area contributed by atoms with Gasteiger partial charge in [0.05, 0.1) is 31.6 Å². The quantitative estimate of drug-likeness (QED) is 0.118. The van der Waals surface area contributed by atoms with E-state index in [2.05, 4.69) is 16.0 Å². The number of hydrogen-bond donors (Lipinski definition) is 5. The molecule has 0 spiro atoms. The van der Waals surface area contributed by atoms with Crippen LogP contribution in [0.4, 0.5) is 0 Å². The number of fused-ring (bicyclic) bond motifs is 1. The van der Waals surface area contributed by atoms with Crippen molar-refractivity contribution in [3.05, 3.63) is 29.8 Å². The number of aliphatic hydroxyl groups excluding tert-OH is 2. The van der Waals surface area contributed by atoms with Gasteiger partial charge in [-0.25, -0.2) is 4.79 Å². The molecule has 3 saturated heterocycles. The minimum absolute atomic E-state index is 0.0723. The average Bonchev–Trinajstić information content (AvgIpc) is 4.18. The highest BCUT2D eigenvalue weighted by molar-refractivity contribution is 6.05. The van der Waals surface area contributed by atoms with E-state index in [1.165, 1.54) is 61.6 Å². The first-order chi connectivity index (χ1) is 37.6. The van der Waals surface area contributed by atoms with Crippen molar-refractivity contribution in [2.45, 2.75) is 207 Å². The number of nitrogens with zero attached hydrogens (tertiary/aromatic N) is 4. The molecule has 448 valence electrons. The van der Waals surface area contributed by atoms with E-state index in [0.717, 1.165) is 0 Å². The van der Waals surface area contributed by atoms with Gasteiger partial charge in [-0.05, 0) is 101 Å². The third kappa shape index (κ3) is 17.0. The Morgan fingerprint density at radius 1 is 0.838 bits per heavy atom. The zero-order chi connectivity index (χ0) is 60.0. The van der Waals surface area contributed by atoms with Gasteiger partial charge in [-0.1, -0.05) is 73.9 Å². The van der Waals surface area contributed by atoms with Crippen molar-refractivity contribution >= 4 is 59.1 Å². The normalized spacial score (nSPS) is 27.8. The van der Waals surface area contributed by atoms with Gasteiger partial charge in [-0.2, -0.15) is 0 Å². The maximum Gasteiger partial charge on any atom is 0.329 e. The first-order valence-electron chi connectivity index (χ1n) is 28.6. The summed E-state index contributed by atoms with van der Waals surface area (Å²) in [6.07, 6.45) is -4.63. The van der Waals surface area contributed by atoms with Crippen LogP contribution in [0.5, 0.6) is 5.75 Å². The molecule has 1 aromatic carbocycles. The van der Waals surface area contributed by atoms with Crippen LogP contribution in [0.1, 0.15) is 140 Å². The van der Waals surface area contributed by atoms with E-state index >= 15 is 4.79 Å². The predicted octanol–water partition coefficient (Wildman–Crippen LogP) is 2.71. The highest BCUT2D eigenvalue weighted by Gasteiger charge is 2.46. The Kier molecular flexibility index (Phi) is 24.9. The molecule has 0 radical (unpaired) electrons. The summed E-state index contributed by atoms with van der Waals surface area (Å²) in [4.78, 5) is 149. The van der Waals surface area contributed by atoms with Crippen molar-refractivity contribution in [1.82, 2.24) is 35.6 Å². The van der Waals surface area contributed by atoms with Gasteiger partial charge in [0.15, 0.2) is 11.9 Å². The van der Waals surface area contributed by atoms with Gasteiger partial charge in [0.25, 0.3) is 5.91 Å². The molecule has 22 nitrogen and oxygen atoms in total. The van der Waals surface area contributed by atoms with Crippen LogP contribution >= 0.6 is 0 Å². The highest BCUT2D eigenvalue weighted by Crippen LogP contribution is 2.28. The van der Waals surface area contributed by atoms with Crippen LogP contribution in [0, 0.1) is 29.6 Å². The van der Waals surface area contributed by atoms with Crippen molar-refractivity contribution in [3.8, 4) is 5.75 Å². The lowest BCUT2D eigenvalue weighted by Crippen LogP contribution is -2.62. The number of cyclic esters (lactones) is 2. The third-order valence-corrected chi connectivity index (χ3v) is 16.0. The van der Waals surface area contributed by atoms with Gasteiger partial charge >= 0.3 is 11.9 Å². The summed E-state index contributed by atoms with van der Waals surface area (Å²) >= 11 is 0. The Morgan fingerprint density at radius 3 is 2.04 bits per heavy atom. The molecule has 0 bridgehead atoms. The Morgan fingerprint density at radius 2 is 1.46 bits per heavy atom. The number of amides is 7. The van der Waals surface area contributed by atoms with E-state index in [4.69, 9.17) is 14.2 Å². The van der Waals surface area contributed by atoms with Crippen molar-refractivity contribution in [1.29, 1.82) is 0 Å². The number of Topliss-reactive ketones (excluding diaryl/α,β-unsaturated/α-hetero) is 1. The molecule has 80 heavy (non-hydrogen) atoms. The monoisotopic (exact) mass is 1130 g/mol. The van der Waals surface area contributed by atoms with E-state index in [9.17, 15) is 53.4 Å². The van der Waals surface area contributed by atoms with Gasteiger partial charge < -0.3 is 60.0 Å². The molecule has 7 amide bonds. The minimum atomic E-state index is -1.76. The van der Waals surface area contributed by atoms with E-state index in [0.29, 0.717) is 37.0 Å². The number of methoxy groups -OCH3 is 1. The number of likely N-dealkylation sites (N-methyl/N-ethyl adjacent to an activating group) is 2. The minimum Gasteiger partial charge on any atom is -0.497 e. The smallest absolute Gasteiger partial charge is 0.329 e. The van der Waals surface area contributed by atoms with Crippen molar-refractivity contribution < 1.29 is 72.4 Å². The molecule has 3 aliphatic rings. The number of esters is 2. The number of ketones is 1. The summed E-state index contributed by atoms with van der Waals surface area (Å²) in [6, 6.07) is -2.18. The van der Waals surface area contributed by atoms with Gasteiger partial charge in [0.2, 0.25) is 35.4 Å². The maximum atomic E-state index is 15.0. The van der Waals surface area contributed by atoms with Crippen LogP contribution in [-0.2, 0) is 63.8 Å². The van der Waals surface area contributed by atoms with Gasteiger partial charge in [-0.3, -0.25) is 43.2 Å². The topological polar surface area (TPSA) is 288 Å². The molecule has 0 saturated carbocycles. The number of ether oxygens (including phenoxy) is 3. The molecule has 22 heteroatoms. The number of likely N-dealkylation sites (tertiary alicyclic amines) is 1. The van der Waals surface area contributed by atoms with Crippen LogP contribution < -0.4 is 20.7 Å². The summed E-state index contributed by atoms with van der Waals surface area (Å²) in [5.41, 5.74) is 0.572. The SMILES string of the molecule is CCC(C)[C@@H]1OC(=O)C[C@H](O)[C@@H]([C@@H](C)CC)NC(=O)[C@@H](NC(=O)[C@@H](CC(C)C)N(C)C(=O)C2CCCN2C(=O)[C@H](C)O)[C@@H](C)OC(=O)[C@H](Cc2ccc(OC)cc2)N(C)C(=O)[C@@H]2CCCN2C(=O)[C@H](CC(C)C)NC(=O)[C@@H](C)C1=O. The number of rotatable bonds is 16. The van der Waals surface area contributed by atoms with Crippen molar-refractivity contribution in [2.75, 3.05) is 34.3 Å². The van der Waals surface area contributed by atoms with Gasteiger partial charge in [-0.15, -0.1) is 0 Å². The zero-order valence-corrected chi connectivity index (χ0v) is 49.5. The van der Waals surface area contributed by atoms with Crippen LogP contribution in [0.2, 0.25) is 0 Å². The molecule has 14 atom stereocenters. The second kappa shape index (κ2) is 30.1. The van der Waals surface area contributed by atoms with Crippen molar-refractivity contribution in [3.63, 3.8) is 0 Å². The van der Waals surface area contributed by atoms with Crippen LogP contribution in [0.3, 0.4) is 0 Å². The molecular formula is C58H91N7O15. The summed E-state index contributed by atoms with van der Waals surface area (Å²) in [7, 11) is 4.30. The van der Waals surface area contributed by atoms with E-state index < -0.39 is 150 Å². The first-order valence-corrected chi connectivity index (χ1v) is 28.6. The van der Waals surface area contributed by atoms with Crippen LogP contribution in [0.25, 0.3) is 0 Å². The highest BCUT2D eigenvalue weighted by atomic mass is 16.6. The number of carbonyl (C=O) groups excluding carboxylic acids is 10. The second-order valence-electron chi connectivity index (χ2n) is 23.1. The lowest BCUT2D eigenvalue weighted by Gasteiger charge is -2.36. The fourth-order valence-electron chi connectivity index (χ4n) is 10.7. The van der Waals surface area contributed by atoms with Crippen LogP contribution in [-0.4, -0.2) is 190 Å². The lowest BCUT2D eigenvalue weighted by molar-refractivity contribution is -0.163. The molecule has 5 N–H and O–H groups in total. The van der Waals surface area contributed by atoms with E-state index in [1.807, 2.05) is 27.7 Å². The van der Waals surface area contributed by atoms with Crippen LogP contribution in [0.15, 0.2) is 24.3 Å². The molecule has 1 aromatic rings. The Labute approximate surface area is 472 Å². The fraction of sp³-hybridized carbons (Fsp3) is 0.724. The second-order valence-corrected chi connectivity index (χ2v) is 23.1. The fourth-order valence-corrected chi connectivity index (χ4v) is 10.7. The summed E-state index contributed by atoms with van der Waals surface area (Å²) in [5.74, 6) is -10.2. The number of aliphatic hydroxyl groups is 2. The van der Waals surface area contributed by atoms with Gasteiger partial charge in [0.1, 0.15) is 54.2 Å². The molecule has 4 rings (SSSR count). The predicted molar refractivity (Wildman–Crippen MR) is 295 cm³/mol. The summed E-state index contributed by atoms with van der Waals surface area (Å²) in [5, 5.41) is 30.3. The van der Waals surface area contributed by atoms with E-state index in [-0.39, 0.29) is 57.0 Å². The largest absolute Gasteiger partial charge is 0.497 e. The standard InChI is InChI=1S/C58H91N7O15/c1-15-33(7)47-45(67)30-46(68)80-50(34(8)16-2)49(69)35(9)51(70)59-40(27-31(3)4)55(74)65-26-18-20-42(65)57(76)63(13)44(29-38-21-23-39(78-14)24-22-38)58(77)79-37(11)48(53(72)60-47)61-52(71)43(28-32(5)6)62(12)56(75)41-19-17-25-64(41)54(73)36(10)66/h21-24,31-37,40-45,47-48,50,66-67H,15-20,25-30H2,1-14H3,(H,59,70)(H,60,72)(H,61,71)/t33-,34?,35-,36-,37+,40-,41?,42-,43+,44-,45-,47+,48-,50-/m0/s1. The molecule has 3 aliphatic heterocycles.